The molecular weight excluding hydrogens is 246 g/mol. The Morgan fingerprint density at radius 1 is 1.22 bits per heavy atom. The van der Waals surface area contributed by atoms with Gasteiger partial charge in [0, 0.05) is 18.0 Å². The van der Waals surface area contributed by atoms with Crippen LogP contribution in [0.4, 0.5) is 0 Å². The summed E-state index contributed by atoms with van der Waals surface area (Å²) in [5.74, 6) is 0.629. The van der Waals surface area contributed by atoms with Gasteiger partial charge in [-0.05, 0) is 18.6 Å². The van der Waals surface area contributed by atoms with E-state index in [1.807, 2.05) is 12.1 Å². The lowest BCUT2D eigenvalue weighted by Crippen LogP contribution is -1.98. The smallest absolute Gasteiger partial charge is 0.254 e. The molecule has 0 amide bonds. The van der Waals surface area contributed by atoms with Crippen molar-refractivity contribution >= 4 is 11.7 Å². The van der Waals surface area contributed by atoms with Gasteiger partial charge < -0.3 is 4.74 Å². The summed E-state index contributed by atoms with van der Waals surface area (Å²) < 4.78 is 14.1. The van der Waals surface area contributed by atoms with Gasteiger partial charge in [0.1, 0.15) is 5.69 Å². The number of hydrogen-bond acceptors (Lipinski definition) is 5. The first-order chi connectivity index (χ1) is 8.92. The number of nitrogens with zero attached hydrogens (tertiary/aromatic N) is 3. The van der Waals surface area contributed by atoms with E-state index in [1.54, 1.807) is 12.4 Å². The fraction of sp³-hybridized carbons (Fsp3) is 0.462. The minimum absolute atomic E-state index is 0.629. The van der Waals surface area contributed by atoms with Gasteiger partial charge in [-0.25, -0.2) is 0 Å². The van der Waals surface area contributed by atoms with Gasteiger partial charge in [0.2, 0.25) is 0 Å². The molecule has 0 fully saturated rings. The molecule has 0 aliphatic carbocycles. The standard InChI is InChI=1S/C13H17N3OS/c1-2-3-4-5-9-17-13-12(15-18-16-13)11-7-6-8-14-10-11/h6-8,10H,2-5,9H2,1H3. The van der Waals surface area contributed by atoms with E-state index in [9.17, 15) is 0 Å². The predicted octanol–water partition coefficient (Wildman–Crippen LogP) is 3.56. The second-order valence-electron chi connectivity index (χ2n) is 4.07. The molecule has 0 atom stereocenters. The van der Waals surface area contributed by atoms with Crippen molar-refractivity contribution in [2.45, 2.75) is 32.6 Å². The monoisotopic (exact) mass is 263 g/mol. The van der Waals surface area contributed by atoms with Gasteiger partial charge in [-0.15, -0.1) is 4.37 Å². The third-order valence-electron chi connectivity index (χ3n) is 2.63. The molecule has 0 aliphatic heterocycles. The summed E-state index contributed by atoms with van der Waals surface area (Å²) in [6, 6.07) is 3.85. The normalized spacial score (nSPS) is 10.5. The second kappa shape index (κ2) is 7.06. The fourth-order valence-electron chi connectivity index (χ4n) is 1.65. The summed E-state index contributed by atoms with van der Waals surface area (Å²) in [6.45, 7) is 2.91. The Morgan fingerprint density at radius 3 is 2.94 bits per heavy atom. The number of ether oxygens (including phenoxy) is 1. The fourth-order valence-corrected chi connectivity index (χ4v) is 2.17. The number of pyridine rings is 1. The number of rotatable bonds is 7. The van der Waals surface area contributed by atoms with Crippen molar-refractivity contribution in [2.24, 2.45) is 0 Å². The van der Waals surface area contributed by atoms with Crippen molar-refractivity contribution in [3.8, 4) is 17.1 Å². The van der Waals surface area contributed by atoms with Gasteiger partial charge in [0.05, 0.1) is 18.3 Å². The SMILES string of the molecule is CCCCCCOc1nsnc1-c1cccnc1. The van der Waals surface area contributed by atoms with Crippen molar-refractivity contribution in [2.75, 3.05) is 6.61 Å². The van der Waals surface area contributed by atoms with Crippen LogP contribution in [0.15, 0.2) is 24.5 Å². The molecule has 5 heteroatoms. The molecule has 18 heavy (non-hydrogen) atoms. The number of unbranched alkanes of at least 4 members (excludes halogenated alkanes) is 3. The van der Waals surface area contributed by atoms with Crippen LogP contribution in [-0.4, -0.2) is 20.3 Å². The van der Waals surface area contributed by atoms with Crippen LogP contribution in [0.25, 0.3) is 11.3 Å². The molecule has 2 aromatic rings. The molecule has 0 aromatic carbocycles. The topological polar surface area (TPSA) is 47.9 Å². The molecule has 0 unspecified atom stereocenters. The van der Waals surface area contributed by atoms with Crippen molar-refractivity contribution < 1.29 is 4.74 Å². The zero-order valence-electron chi connectivity index (χ0n) is 10.5. The highest BCUT2D eigenvalue weighted by Crippen LogP contribution is 2.26. The van der Waals surface area contributed by atoms with E-state index in [1.165, 1.54) is 31.0 Å². The van der Waals surface area contributed by atoms with E-state index >= 15 is 0 Å². The van der Waals surface area contributed by atoms with E-state index in [0.717, 1.165) is 17.7 Å². The Bertz CT molecular complexity index is 458. The van der Waals surface area contributed by atoms with E-state index in [4.69, 9.17) is 4.74 Å². The lowest BCUT2D eigenvalue weighted by molar-refractivity contribution is 0.297. The zero-order chi connectivity index (χ0) is 12.6. The summed E-state index contributed by atoms with van der Waals surface area (Å²) in [5.41, 5.74) is 1.75. The third kappa shape index (κ3) is 3.50. The van der Waals surface area contributed by atoms with Crippen LogP contribution in [0.5, 0.6) is 5.88 Å². The summed E-state index contributed by atoms with van der Waals surface area (Å²) in [4.78, 5) is 4.08. The lowest BCUT2D eigenvalue weighted by Gasteiger charge is -2.04. The van der Waals surface area contributed by atoms with Crippen LogP contribution in [0, 0.1) is 0 Å². The van der Waals surface area contributed by atoms with Crippen molar-refractivity contribution in [1.82, 2.24) is 13.7 Å². The van der Waals surface area contributed by atoms with Crippen LogP contribution in [0.1, 0.15) is 32.6 Å². The Hall–Kier alpha value is -1.49. The molecule has 2 heterocycles. The molecule has 96 valence electrons. The molecule has 2 aromatic heterocycles. The highest BCUT2D eigenvalue weighted by atomic mass is 32.1. The Morgan fingerprint density at radius 2 is 2.17 bits per heavy atom. The van der Waals surface area contributed by atoms with Crippen LogP contribution in [0.2, 0.25) is 0 Å². The average Bonchev–Trinajstić information content (AvgIpc) is 2.88. The van der Waals surface area contributed by atoms with Gasteiger partial charge in [-0.3, -0.25) is 4.98 Å². The largest absolute Gasteiger partial charge is 0.475 e. The molecule has 0 radical (unpaired) electrons. The third-order valence-corrected chi connectivity index (χ3v) is 3.14. The summed E-state index contributed by atoms with van der Waals surface area (Å²) in [6.07, 6.45) is 8.29. The van der Waals surface area contributed by atoms with Gasteiger partial charge in [0.25, 0.3) is 5.88 Å². The first kappa shape index (κ1) is 13.0. The number of hydrogen-bond donors (Lipinski definition) is 0. The summed E-state index contributed by atoms with van der Waals surface area (Å²) >= 11 is 1.18. The molecule has 2 rings (SSSR count). The molecule has 4 nitrogen and oxygen atoms in total. The van der Waals surface area contributed by atoms with Crippen molar-refractivity contribution in [1.29, 1.82) is 0 Å². The maximum atomic E-state index is 5.69. The van der Waals surface area contributed by atoms with Crippen molar-refractivity contribution in [3.63, 3.8) is 0 Å². The summed E-state index contributed by atoms with van der Waals surface area (Å²) in [7, 11) is 0. The second-order valence-corrected chi connectivity index (χ2v) is 4.60. The van der Waals surface area contributed by atoms with Gasteiger partial charge in [0.15, 0.2) is 0 Å². The van der Waals surface area contributed by atoms with Crippen LogP contribution >= 0.6 is 11.7 Å². The molecule has 0 saturated heterocycles. The van der Waals surface area contributed by atoms with Gasteiger partial charge in [-0.2, -0.15) is 4.37 Å². The zero-order valence-corrected chi connectivity index (χ0v) is 11.3. The van der Waals surface area contributed by atoms with Crippen LogP contribution < -0.4 is 4.74 Å². The highest BCUT2D eigenvalue weighted by Gasteiger charge is 2.11. The van der Waals surface area contributed by atoms with E-state index < -0.39 is 0 Å². The molecular formula is C13H17N3OS. The Kier molecular flexibility index (Phi) is 5.08. The quantitative estimate of drug-likeness (QED) is 0.717. The van der Waals surface area contributed by atoms with E-state index in [0.29, 0.717) is 12.5 Å². The minimum Gasteiger partial charge on any atom is -0.475 e. The predicted molar refractivity (Wildman–Crippen MR) is 72.8 cm³/mol. The maximum Gasteiger partial charge on any atom is 0.254 e. The van der Waals surface area contributed by atoms with Gasteiger partial charge in [-0.1, -0.05) is 26.2 Å². The highest BCUT2D eigenvalue weighted by molar-refractivity contribution is 6.99. The Balaban J connectivity index is 1.92. The van der Waals surface area contributed by atoms with E-state index in [2.05, 4.69) is 20.7 Å². The number of aromatic nitrogens is 3. The summed E-state index contributed by atoms with van der Waals surface area (Å²) in [5, 5.41) is 0. The first-order valence-electron chi connectivity index (χ1n) is 6.27. The lowest BCUT2D eigenvalue weighted by atomic mass is 10.2. The van der Waals surface area contributed by atoms with Crippen LogP contribution in [0.3, 0.4) is 0 Å². The van der Waals surface area contributed by atoms with Gasteiger partial charge >= 0.3 is 0 Å². The van der Waals surface area contributed by atoms with Crippen LogP contribution in [-0.2, 0) is 0 Å². The molecule has 0 N–H and O–H groups in total. The maximum absolute atomic E-state index is 5.69. The Labute approximate surface area is 111 Å². The van der Waals surface area contributed by atoms with Crippen molar-refractivity contribution in [3.05, 3.63) is 24.5 Å². The van der Waals surface area contributed by atoms with E-state index in [-0.39, 0.29) is 0 Å². The average molecular weight is 263 g/mol. The molecule has 0 bridgehead atoms. The minimum atomic E-state index is 0.629. The molecule has 0 aliphatic rings. The molecule has 0 saturated carbocycles. The molecule has 0 spiro atoms. The first-order valence-corrected chi connectivity index (χ1v) is 7.00.